The van der Waals surface area contributed by atoms with Gasteiger partial charge < -0.3 is 5.32 Å². The number of nitrogens with one attached hydrogen (secondary N) is 1. The smallest absolute Gasteiger partial charge is 0.0245 e. The fourth-order valence-electron chi connectivity index (χ4n) is 2.72. The van der Waals surface area contributed by atoms with Crippen molar-refractivity contribution >= 4 is 11.3 Å². The van der Waals surface area contributed by atoms with Crippen LogP contribution in [-0.2, 0) is 13.0 Å². The lowest BCUT2D eigenvalue weighted by molar-refractivity contribution is 0.180. The molecular weight excluding hydrogens is 230 g/mol. The molecule has 1 fully saturated rings. The molecule has 1 N–H and O–H groups in total. The van der Waals surface area contributed by atoms with E-state index in [2.05, 4.69) is 26.6 Å². The molecule has 1 aromatic heterocycles. The first-order valence-corrected chi connectivity index (χ1v) is 7.50. The Balaban J connectivity index is 1.47. The van der Waals surface area contributed by atoms with Crippen molar-refractivity contribution in [2.75, 3.05) is 45.8 Å². The highest BCUT2D eigenvalue weighted by molar-refractivity contribution is 7.10. The quantitative estimate of drug-likeness (QED) is 0.865. The van der Waals surface area contributed by atoms with E-state index < -0.39 is 0 Å². The summed E-state index contributed by atoms with van der Waals surface area (Å²) in [4.78, 5) is 6.81. The van der Waals surface area contributed by atoms with E-state index in [0.717, 1.165) is 13.1 Å². The van der Waals surface area contributed by atoms with Crippen molar-refractivity contribution in [3.8, 4) is 0 Å². The van der Waals surface area contributed by atoms with Crippen molar-refractivity contribution in [2.45, 2.75) is 13.0 Å². The van der Waals surface area contributed by atoms with Gasteiger partial charge in [0.25, 0.3) is 0 Å². The number of piperazine rings is 1. The SMILES string of the molecule is c1cc2c(s1)CCN(CCN1CCNCC1)C2. The predicted octanol–water partition coefficient (Wildman–Crippen LogP) is 1.01. The fourth-order valence-corrected chi connectivity index (χ4v) is 3.61. The molecule has 0 spiro atoms. The highest BCUT2D eigenvalue weighted by Crippen LogP contribution is 2.23. The number of rotatable bonds is 3. The second-order valence-corrected chi connectivity index (χ2v) is 5.99. The zero-order valence-electron chi connectivity index (χ0n) is 10.3. The van der Waals surface area contributed by atoms with Gasteiger partial charge in [-0.2, -0.15) is 0 Å². The van der Waals surface area contributed by atoms with E-state index in [1.54, 1.807) is 10.4 Å². The summed E-state index contributed by atoms with van der Waals surface area (Å²) in [6, 6.07) is 2.30. The van der Waals surface area contributed by atoms with Crippen LogP contribution in [0.2, 0.25) is 0 Å². The number of nitrogens with zero attached hydrogens (tertiary/aromatic N) is 2. The van der Waals surface area contributed by atoms with Gasteiger partial charge in [0.05, 0.1) is 0 Å². The second-order valence-electron chi connectivity index (χ2n) is 4.99. The maximum atomic E-state index is 3.41. The number of hydrogen-bond acceptors (Lipinski definition) is 4. The molecule has 0 amide bonds. The van der Waals surface area contributed by atoms with Crippen LogP contribution < -0.4 is 5.32 Å². The van der Waals surface area contributed by atoms with Gasteiger partial charge in [0.1, 0.15) is 0 Å². The van der Waals surface area contributed by atoms with Crippen molar-refractivity contribution < 1.29 is 0 Å². The Kier molecular flexibility index (Phi) is 3.76. The lowest BCUT2D eigenvalue weighted by Crippen LogP contribution is -2.46. The minimum atomic E-state index is 1.16. The summed E-state index contributed by atoms with van der Waals surface area (Å²) in [6.07, 6.45) is 1.26. The van der Waals surface area contributed by atoms with Gasteiger partial charge in [-0.05, 0) is 23.4 Å². The number of fused-ring (bicyclic) bond motifs is 1. The molecule has 2 aliphatic rings. The molecule has 0 aromatic carbocycles. The molecule has 3 rings (SSSR count). The van der Waals surface area contributed by atoms with E-state index in [9.17, 15) is 0 Å². The topological polar surface area (TPSA) is 18.5 Å². The van der Waals surface area contributed by atoms with Crippen molar-refractivity contribution in [1.82, 2.24) is 15.1 Å². The van der Waals surface area contributed by atoms with E-state index in [0.29, 0.717) is 0 Å². The molecule has 1 aromatic rings. The van der Waals surface area contributed by atoms with Gasteiger partial charge in [-0.1, -0.05) is 0 Å². The van der Waals surface area contributed by atoms with Crippen molar-refractivity contribution in [3.63, 3.8) is 0 Å². The summed E-state index contributed by atoms with van der Waals surface area (Å²) < 4.78 is 0. The molecule has 3 heterocycles. The van der Waals surface area contributed by atoms with E-state index in [1.165, 1.54) is 45.7 Å². The lowest BCUT2D eigenvalue weighted by atomic mass is 10.1. The molecule has 0 bridgehead atoms. The summed E-state index contributed by atoms with van der Waals surface area (Å²) in [5.41, 5.74) is 1.57. The number of hydrogen-bond donors (Lipinski definition) is 1. The van der Waals surface area contributed by atoms with E-state index in [4.69, 9.17) is 0 Å². The summed E-state index contributed by atoms with van der Waals surface area (Å²) >= 11 is 1.93. The van der Waals surface area contributed by atoms with Gasteiger partial charge in [0, 0.05) is 57.2 Å². The standard InChI is InChI=1S/C13H21N3S/c1-5-16(11-12-2-10-17-13(1)12)9-8-15-6-3-14-4-7-15/h2,10,14H,1,3-9,11H2. The summed E-state index contributed by atoms with van der Waals surface area (Å²) in [6.45, 7) is 9.65. The maximum absolute atomic E-state index is 3.41. The van der Waals surface area contributed by atoms with E-state index in [1.807, 2.05) is 11.3 Å². The Hall–Kier alpha value is -0.420. The van der Waals surface area contributed by atoms with Crippen LogP contribution >= 0.6 is 11.3 Å². The molecule has 3 nitrogen and oxygen atoms in total. The minimum absolute atomic E-state index is 1.16. The molecule has 0 saturated carbocycles. The van der Waals surface area contributed by atoms with Gasteiger partial charge in [-0.15, -0.1) is 11.3 Å². The normalized spacial score (nSPS) is 22.6. The second kappa shape index (κ2) is 5.48. The van der Waals surface area contributed by atoms with Crippen LogP contribution in [0.1, 0.15) is 10.4 Å². The molecular formula is C13H21N3S. The molecule has 0 radical (unpaired) electrons. The summed E-state index contributed by atoms with van der Waals surface area (Å²) in [7, 11) is 0. The van der Waals surface area contributed by atoms with Gasteiger partial charge in [0.15, 0.2) is 0 Å². The molecule has 4 heteroatoms. The molecule has 0 atom stereocenters. The molecule has 17 heavy (non-hydrogen) atoms. The predicted molar refractivity (Wildman–Crippen MR) is 72.6 cm³/mol. The summed E-state index contributed by atoms with van der Waals surface area (Å²) in [5.74, 6) is 0. The minimum Gasteiger partial charge on any atom is -0.314 e. The Morgan fingerprint density at radius 2 is 1.94 bits per heavy atom. The van der Waals surface area contributed by atoms with E-state index in [-0.39, 0.29) is 0 Å². The van der Waals surface area contributed by atoms with Crippen molar-refractivity contribution in [2.24, 2.45) is 0 Å². The third-order valence-electron chi connectivity index (χ3n) is 3.83. The highest BCUT2D eigenvalue weighted by atomic mass is 32.1. The molecule has 0 unspecified atom stereocenters. The molecule has 94 valence electrons. The van der Waals surface area contributed by atoms with Crippen LogP contribution in [0.3, 0.4) is 0 Å². The average molecular weight is 251 g/mol. The maximum Gasteiger partial charge on any atom is 0.0245 e. The van der Waals surface area contributed by atoms with Gasteiger partial charge in [-0.3, -0.25) is 9.80 Å². The van der Waals surface area contributed by atoms with Gasteiger partial charge >= 0.3 is 0 Å². The number of thiophene rings is 1. The molecule has 1 saturated heterocycles. The van der Waals surface area contributed by atoms with Crippen LogP contribution in [0.25, 0.3) is 0 Å². The Morgan fingerprint density at radius 1 is 1.12 bits per heavy atom. The van der Waals surface area contributed by atoms with Crippen molar-refractivity contribution in [3.05, 3.63) is 21.9 Å². The third-order valence-corrected chi connectivity index (χ3v) is 4.85. The first kappa shape index (κ1) is 11.7. The van der Waals surface area contributed by atoms with Crippen LogP contribution in [0.15, 0.2) is 11.4 Å². The molecule has 0 aliphatic carbocycles. The van der Waals surface area contributed by atoms with Gasteiger partial charge in [-0.25, -0.2) is 0 Å². The molecule has 2 aliphatic heterocycles. The zero-order valence-corrected chi connectivity index (χ0v) is 11.1. The average Bonchev–Trinajstić information content (AvgIpc) is 2.85. The Labute approximate surface area is 107 Å². The van der Waals surface area contributed by atoms with Crippen LogP contribution in [0.5, 0.6) is 0 Å². The van der Waals surface area contributed by atoms with Crippen LogP contribution in [0.4, 0.5) is 0 Å². The lowest BCUT2D eigenvalue weighted by Gasteiger charge is -2.32. The third kappa shape index (κ3) is 2.88. The monoisotopic (exact) mass is 251 g/mol. The van der Waals surface area contributed by atoms with E-state index >= 15 is 0 Å². The van der Waals surface area contributed by atoms with Crippen molar-refractivity contribution in [1.29, 1.82) is 0 Å². The largest absolute Gasteiger partial charge is 0.314 e. The fraction of sp³-hybridized carbons (Fsp3) is 0.692. The van der Waals surface area contributed by atoms with Crippen LogP contribution in [0, 0.1) is 0 Å². The zero-order chi connectivity index (χ0) is 11.5. The highest BCUT2D eigenvalue weighted by Gasteiger charge is 2.18. The first-order chi connectivity index (χ1) is 8.42. The Morgan fingerprint density at radius 3 is 2.82 bits per heavy atom. The first-order valence-electron chi connectivity index (χ1n) is 6.62. The Bertz CT molecular complexity index is 357. The van der Waals surface area contributed by atoms with Crippen LogP contribution in [-0.4, -0.2) is 55.6 Å². The van der Waals surface area contributed by atoms with Gasteiger partial charge in [0.2, 0.25) is 0 Å². The summed E-state index contributed by atoms with van der Waals surface area (Å²) in [5, 5.41) is 5.65.